The molecule has 4 aromatic rings. The van der Waals surface area contributed by atoms with Crippen LogP contribution in [0.2, 0.25) is 0 Å². The average Bonchev–Trinajstić information content (AvgIpc) is 3.71. The van der Waals surface area contributed by atoms with E-state index in [2.05, 4.69) is 15.0 Å². The second kappa shape index (κ2) is 11.9. The minimum Gasteiger partial charge on any atom is -0.488 e. The lowest BCUT2D eigenvalue weighted by Crippen LogP contribution is -2.39. The van der Waals surface area contributed by atoms with Crippen molar-refractivity contribution in [2.45, 2.75) is 45.1 Å². The van der Waals surface area contributed by atoms with E-state index in [1.807, 2.05) is 19.1 Å². The van der Waals surface area contributed by atoms with Crippen LogP contribution in [0.3, 0.4) is 0 Å². The maximum Gasteiger partial charge on any atom is 0.419 e. The number of pyridine rings is 1. The fraction of sp³-hybridized carbons (Fsp3) is 0.344. The van der Waals surface area contributed by atoms with E-state index in [0.29, 0.717) is 6.04 Å². The third-order valence-electron chi connectivity index (χ3n) is 8.32. The number of aromatic nitrogens is 3. The molecule has 2 aliphatic rings. The molecule has 1 atom stereocenters. The van der Waals surface area contributed by atoms with E-state index >= 15 is 0 Å². The maximum absolute atomic E-state index is 14.3. The number of ether oxygens (including phenoxy) is 3. The highest BCUT2D eigenvalue weighted by Gasteiger charge is 2.36. The minimum absolute atomic E-state index is 0.0615. The quantitative estimate of drug-likeness (QED) is 0.272. The molecule has 0 spiro atoms. The summed E-state index contributed by atoms with van der Waals surface area (Å²) in [6, 6.07) is 12.9. The summed E-state index contributed by atoms with van der Waals surface area (Å²) in [7, 11) is 1.30. The number of fused-ring (bicyclic) bond motifs is 1. The van der Waals surface area contributed by atoms with Crippen LogP contribution in [0, 0.1) is 6.92 Å². The summed E-state index contributed by atoms with van der Waals surface area (Å²) >= 11 is 0. The van der Waals surface area contributed by atoms with Crippen molar-refractivity contribution in [3.63, 3.8) is 0 Å². The number of aromatic carboxylic acids is 1. The van der Waals surface area contributed by atoms with Crippen molar-refractivity contribution in [1.29, 1.82) is 0 Å². The van der Waals surface area contributed by atoms with E-state index in [-0.39, 0.29) is 40.9 Å². The number of hydrogen-bond acceptors (Lipinski definition) is 7. The van der Waals surface area contributed by atoms with Crippen LogP contribution in [0.1, 0.15) is 44.6 Å². The van der Waals surface area contributed by atoms with Crippen molar-refractivity contribution in [2.24, 2.45) is 0 Å². The summed E-state index contributed by atoms with van der Waals surface area (Å²) in [5.41, 5.74) is 3.51. The number of halogens is 3. The van der Waals surface area contributed by atoms with Gasteiger partial charge in [0.1, 0.15) is 17.9 Å². The van der Waals surface area contributed by atoms with E-state index in [1.165, 1.54) is 35.1 Å². The number of alkyl halides is 3. The Hall–Kier alpha value is -4.42. The number of carboxylic acid groups (broad SMARTS) is 1. The van der Waals surface area contributed by atoms with Crippen molar-refractivity contribution in [3.8, 4) is 28.7 Å². The Kier molecular flexibility index (Phi) is 8.04. The maximum atomic E-state index is 14.3. The molecule has 230 valence electrons. The van der Waals surface area contributed by atoms with Crippen molar-refractivity contribution in [2.75, 3.05) is 26.9 Å². The molecule has 0 radical (unpaired) electrons. The molecule has 0 amide bonds. The largest absolute Gasteiger partial charge is 0.488 e. The second-order valence-electron chi connectivity index (χ2n) is 10.9. The predicted molar refractivity (Wildman–Crippen MR) is 154 cm³/mol. The Morgan fingerprint density at radius 1 is 1.16 bits per heavy atom. The molecular formula is C32H31F3N4O5. The Labute approximate surface area is 251 Å². The molecule has 1 saturated heterocycles. The van der Waals surface area contributed by atoms with Crippen LogP contribution in [-0.2, 0) is 30.5 Å². The van der Waals surface area contributed by atoms with Gasteiger partial charge in [-0.25, -0.2) is 9.78 Å². The van der Waals surface area contributed by atoms with Gasteiger partial charge in [0.2, 0.25) is 5.88 Å². The molecule has 1 N–H and O–H groups in total. The molecule has 4 heterocycles. The van der Waals surface area contributed by atoms with Gasteiger partial charge in [-0.05, 0) is 66.3 Å². The summed E-state index contributed by atoms with van der Waals surface area (Å²) in [6.07, 6.45) is -1.68. The van der Waals surface area contributed by atoms with Gasteiger partial charge in [0.15, 0.2) is 5.82 Å². The number of carboxylic acids is 1. The van der Waals surface area contributed by atoms with Gasteiger partial charge in [-0.3, -0.25) is 4.90 Å². The lowest BCUT2D eigenvalue weighted by atomic mass is 9.91. The van der Waals surface area contributed by atoms with E-state index in [0.717, 1.165) is 62.5 Å². The van der Waals surface area contributed by atoms with Gasteiger partial charge >= 0.3 is 12.1 Å². The van der Waals surface area contributed by atoms with Crippen molar-refractivity contribution >= 4 is 5.97 Å². The molecule has 9 nitrogen and oxygen atoms in total. The van der Waals surface area contributed by atoms with Gasteiger partial charge in [0.25, 0.3) is 0 Å². The third kappa shape index (κ3) is 5.62. The zero-order valence-corrected chi connectivity index (χ0v) is 24.2. The number of methoxy groups -OCH3 is 1. The summed E-state index contributed by atoms with van der Waals surface area (Å²) in [4.78, 5) is 18.5. The van der Waals surface area contributed by atoms with Crippen LogP contribution >= 0.6 is 0 Å². The standard InChI is InChI=1S/C32H31F3N4O5/c1-19-21(10-9-20-16-38(13-11-23(19)20)22-12-14-43-18-22)17-44-29-24(5-3-6-26(29)32(33,34)35)27-7-4-8-28(37-27)39-30(42-2)25(15-36-39)31(40)41/h3-10,15,22H,11-14,16-18H2,1-2H3,(H,40,41)/t22-/m0/s1. The minimum atomic E-state index is -4.68. The first-order chi connectivity index (χ1) is 21.2. The average molecular weight is 609 g/mol. The smallest absolute Gasteiger partial charge is 0.419 e. The molecule has 2 aliphatic heterocycles. The molecule has 0 aliphatic carbocycles. The van der Waals surface area contributed by atoms with Crippen LogP contribution in [0.25, 0.3) is 17.1 Å². The monoisotopic (exact) mass is 608 g/mol. The number of rotatable bonds is 8. The van der Waals surface area contributed by atoms with Crippen LogP contribution in [0.5, 0.6) is 11.6 Å². The van der Waals surface area contributed by atoms with Gasteiger partial charge in [0, 0.05) is 31.3 Å². The zero-order chi connectivity index (χ0) is 31.0. The Balaban J connectivity index is 1.32. The lowest BCUT2D eigenvalue weighted by molar-refractivity contribution is -0.139. The van der Waals surface area contributed by atoms with Crippen molar-refractivity contribution in [3.05, 3.63) is 88.1 Å². The molecular weight excluding hydrogens is 577 g/mol. The molecule has 0 saturated carbocycles. The van der Waals surface area contributed by atoms with E-state index in [4.69, 9.17) is 14.2 Å². The Morgan fingerprint density at radius 3 is 2.70 bits per heavy atom. The zero-order valence-electron chi connectivity index (χ0n) is 24.2. The van der Waals surface area contributed by atoms with Crippen LogP contribution in [0.4, 0.5) is 13.2 Å². The fourth-order valence-electron chi connectivity index (χ4n) is 5.99. The highest BCUT2D eigenvalue weighted by molar-refractivity contribution is 5.90. The second-order valence-corrected chi connectivity index (χ2v) is 10.9. The first-order valence-corrected chi connectivity index (χ1v) is 14.2. The molecule has 1 fully saturated rings. The number of para-hydroxylation sites is 1. The first kappa shape index (κ1) is 29.6. The number of carbonyl (C=O) groups is 1. The molecule has 12 heteroatoms. The summed E-state index contributed by atoms with van der Waals surface area (Å²) < 4.78 is 60.8. The van der Waals surface area contributed by atoms with E-state index in [9.17, 15) is 23.1 Å². The molecule has 0 bridgehead atoms. The van der Waals surface area contributed by atoms with E-state index < -0.39 is 17.7 Å². The summed E-state index contributed by atoms with van der Waals surface area (Å²) in [6.45, 7) is 5.20. The van der Waals surface area contributed by atoms with Crippen molar-refractivity contribution < 1.29 is 37.3 Å². The summed E-state index contributed by atoms with van der Waals surface area (Å²) in [5, 5.41) is 13.5. The SMILES string of the molecule is COc1c(C(=O)O)cnn1-c1cccc(-c2cccc(C(F)(F)F)c2OCc2ccc3c(c2C)CCN([C@H]2CCOC2)C3)n1. The molecule has 2 aromatic heterocycles. The topological polar surface area (TPSA) is 98.9 Å². The highest BCUT2D eigenvalue weighted by atomic mass is 19.4. The summed E-state index contributed by atoms with van der Waals surface area (Å²) in [5.74, 6) is -1.48. The van der Waals surface area contributed by atoms with Gasteiger partial charge in [-0.2, -0.15) is 23.0 Å². The third-order valence-corrected chi connectivity index (χ3v) is 8.32. The Bertz CT molecular complexity index is 1700. The number of benzene rings is 2. The highest BCUT2D eigenvalue weighted by Crippen LogP contribution is 2.42. The molecule has 6 rings (SSSR count). The van der Waals surface area contributed by atoms with Crippen LogP contribution in [0.15, 0.2) is 54.7 Å². The fourth-order valence-corrected chi connectivity index (χ4v) is 5.99. The number of nitrogens with zero attached hydrogens (tertiary/aromatic N) is 4. The van der Waals surface area contributed by atoms with Crippen molar-refractivity contribution in [1.82, 2.24) is 19.7 Å². The van der Waals surface area contributed by atoms with Gasteiger partial charge in [0.05, 0.1) is 31.2 Å². The first-order valence-electron chi connectivity index (χ1n) is 14.2. The predicted octanol–water partition coefficient (Wildman–Crippen LogP) is 5.69. The van der Waals surface area contributed by atoms with E-state index in [1.54, 1.807) is 18.2 Å². The molecule has 44 heavy (non-hydrogen) atoms. The molecule has 2 aromatic carbocycles. The number of hydrogen-bond donors (Lipinski definition) is 1. The van der Waals surface area contributed by atoms with Gasteiger partial charge < -0.3 is 19.3 Å². The normalized spacial score (nSPS) is 17.0. The van der Waals surface area contributed by atoms with Gasteiger partial charge in [-0.15, -0.1) is 0 Å². The Morgan fingerprint density at radius 2 is 1.98 bits per heavy atom. The van der Waals surface area contributed by atoms with Crippen LogP contribution < -0.4 is 9.47 Å². The molecule has 0 unspecified atom stereocenters. The lowest BCUT2D eigenvalue weighted by Gasteiger charge is -2.34. The van der Waals surface area contributed by atoms with Crippen LogP contribution in [-0.4, -0.2) is 63.7 Å². The van der Waals surface area contributed by atoms with Gasteiger partial charge in [-0.1, -0.05) is 24.3 Å².